The Kier molecular flexibility index (Phi) is 3.80. The van der Waals surface area contributed by atoms with Gasteiger partial charge in [0.05, 0.1) is 12.0 Å². The van der Waals surface area contributed by atoms with Crippen LogP contribution < -0.4 is 5.56 Å². The van der Waals surface area contributed by atoms with E-state index in [4.69, 9.17) is 0 Å². The Morgan fingerprint density at radius 1 is 1.33 bits per heavy atom. The van der Waals surface area contributed by atoms with E-state index in [1.807, 2.05) is 14.0 Å². The van der Waals surface area contributed by atoms with E-state index in [0.717, 1.165) is 30.6 Å². The molecule has 1 saturated heterocycles. The molecular formula is C15H23N5O. The van der Waals surface area contributed by atoms with Gasteiger partial charge >= 0.3 is 0 Å². The highest BCUT2D eigenvalue weighted by atomic mass is 16.1. The summed E-state index contributed by atoms with van der Waals surface area (Å²) in [6.07, 6.45) is 6.12. The predicted octanol–water partition coefficient (Wildman–Crippen LogP) is 1.18. The second-order valence-electron chi connectivity index (χ2n) is 5.95. The van der Waals surface area contributed by atoms with Gasteiger partial charge in [-0.1, -0.05) is 13.3 Å². The highest BCUT2D eigenvalue weighted by Gasteiger charge is 2.21. The standard InChI is InChI=1S/C15H23N5O/c1-4-12-13-14(19(3)17-12)15(21)20(10-16-13)9-11-7-5-6-8-18(11)2/h10-11H,4-9H2,1-3H3. The van der Waals surface area contributed by atoms with E-state index in [1.54, 1.807) is 15.6 Å². The largest absolute Gasteiger partial charge is 0.302 e. The normalized spacial score (nSPS) is 20.2. The fourth-order valence-corrected chi connectivity index (χ4v) is 3.23. The number of fused-ring (bicyclic) bond motifs is 1. The minimum absolute atomic E-state index is 0.0219. The molecule has 0 aromatic carbocycles. The van der Waals surface area contributed by atoms with E-state index < -0.39 is 0 Å². The Balaban J connectivity index is 1.98. The summed E-state index contributed by atoms with van der Waals surface area (Å²) in [6, 6.07) is 0.426. The van der Waals surface area contributed by atoms with Crippen LogP contribution in [0.25, 0.3) is 11.0 Å². The van der Waals surface area contributed by atoms with Crippen molar-refractivity contribution in [3.8, 4) is 0 Å². The molecule has 0 N–H and O–H groups in total. The van der Waals surface area contributed by atoms with E-state index in [2.05, 4.69) is 22.0 Å². The van der Waals surface area contributed by atoms with Crippen molar-refractivity contribution in [3.05, 3.63) is 22.4 Å². The molecule has 2 aromatic heterocycles. The number of aromatic nitrogens is 4. The highest BCUT2D eigenvalue weighted by molar-refractivity contribution is 5.76. The van der Waals surface area contributed by atoms with Gasteiger partial charge in [-0.2, -0.15) is 5.10 Å². The summed E-state index contributed by atoms with van der Waals surface area (Å²) in [5.74, 6) is 0. The number of nitrogens with zero attached hydrogens (tertiary/aromatic N) is 5. The van der Waals surface area contributed by atoms with Crippen molar-refractivity contribution < 1.29 is 0 Å². The van der Waals surface area contributed by atoms with E-state index >= 15 is 0 Å². The number of piperidine rings is 1. The van der Waals surface area contributed by atoms with Gasteiger partial charge in [-0.15, -0.1) is 0 Å². The molecule has 3 heterocycles. The van der Waals surface area contributed by atoms with Crippen LogP contribution in [0.3, 0.4) is 0 Å². The van der Waals surface area contributed by atoms with Crippen LogP contribution in [0.2, 0.25) is 0 Å². The Morgan fingerprint density at radius 3 is 2.86 bits per heavy atom. The van der Waals surface area contributed by atoms with Crippen LogP contribution in [0.5, 0.6) is 0 Å². The van der Waals surface area contributed by atoms with Gasteiger partial charge in [0.15, 0.2) is 5.52 Å². The van der Waals surface area contributed by atoms with Gasteiger partial charge in [-0.25, -0.2) is 4.98 Å². The van der Waals surface area contributed by atoms with Gasteiger partial charge < -0.3 is 4.90 Å². The summed E-state index contributed by atoms with van der Waals surface area (Å²) >= 11 is 0. The van der Waals surface area contributed by atoms with Crippen LogP contribution in [-0.2, 0) is 20.0 Å². The molecule has 0 aliphatic carbocycles. The van der Waals surface area contributed by atoms with Crippen LogP contribution in [-0.4, -0.2) is 43.9 Å². The second-order valence-corrected chi connectivity index (χ2v) is 5.95. The van der Waals surface area contributed by atoms with Gasteiger partial charge in [-0.05, 0) is 32.9 Å². The number of rotatable bonds is 3. The monoisotopic (exact) mass is 289 g/mol. The van der Waals surface area contributed by atoms with Crippen LogP contribution in [0.1, 0.15) is 31.9 Å². The maximum Gasteiger partial charge on any atom is 0.279 e. The SMILES string of the molecule is CCc1nn(C)c2c(=O)n(CC3CCCCN3C)cnc12. The molecule has 0 saturated carbocycles. The molecule has 1 atom stereocenters. The minimum Gasteiger partial charge on any atom is -0.302 e. The molecule has 1 unspecified atom stereocenters. The summed E-state index contributed by atoms with van der Waals surface area (Å²) < 4.78 is 3.42. The lowest BCUT2D eigenvalue weighted by Gasteiger charge is -2.32. The third-order valence-electron chi connectivity index (χ3n) is 4.55. The number of hydrogen-bond acceptors (Lipinski definition) is 4. The third-order valence-corrected chi connectivity index (χ3v) is 4.55. The van der Waals surface area contributed by atoms with E-state index in [-0.39, 0.29) is 5.56 Å². The van der Waals surface area contributed by atoms with Gasteiger partial charge in [0.1, 0.15) is 5.52 Å². The number of aryl methyl sites for hydroxylation is 2. The van der Waals surface area contributed by atoms with Gasteiger partial charge in [-0.3, -0.25) is 14.0 Å². The maximum absolute atomic E-state index is 12.7. The average Bonchev–Trinajstić information content (AvgIpc) is 2.81. The molecule has 6 heteroatoms. The summed E-state index contributed by atoms with van der Waals surface area (Å²) in [6.45, 7) is 3.86. The molecule has 0 amide bonds. The third kappa shape index (κ3) is 2.48. The maximum atomic E-state index is 12.7. The second kappa shape index (κ2) is 5.60. The Labute approximate surface area is 124 Å². The van der Waals surface area contributed by atoms with Crippen LogP contribution in [0.4, 0.5) is 0 Å². The van der Waals surface area contributed by atoms with E-state index in [9.17, 15) is 4.79 Å². The molecule has 114 valence electrons. The molecule has 1 fully saturated rings. The first-order valence-corrected chi connectivity index (χ1v) is 7.73. The fourth-order valence-electron chi connectivity index (χ4n) is 3.23. The molecule has 3 rings (SSSR count). The van der Waals surface area contributed by atoms with Crippen molar-refractivity contribution in [2.45, 2.75) is 45.2 Å². The zero-order valence-corrected chi connectivity index (χ0v) is 13.0. The fraction of sp³-hybridized carbons (Fsp3) is 0.667. The predicted molar refractivity (Wildman–Crippen MR) is 82.4 cm³/mol. The van der Waals surface area contributed by atoms with Crippen LogP contribution in [0, 0.1) is 0 Å². The van der Waals surface area contributed by atoms with Gasteiger partial charge in [0.25, 0.3) is 5.56 Å². The quantitative estimate of drug-likeness (QED) is 0.851. The summed E-state index contributed by atoms with van der Waals surface area (Å²) in [4.78, 5) is 19.5. The Hall–Kier alpha value is -1.69. The molecule has 1 aliphatic heterocycles. The van der Waals surface area contributed by atoms with Crippen molar-refractivity contribution in [1.82, 2.24) is 24.2 Å². The molecule has 1 aliphatic rings. The van der Waals surface area contributed by atoms with Crippen molar-refractivity contribution in [2.24, 2.45) is 7.05 Å². The molecule has 0 radical (unpaired) electrons. The van der Waals surface area contributed by atoms with Crippen molar-refractivity contribution >= 4 is 11.0 Å². The first-order chi connectivity index (χ1) is 10.1. The summed E-state index contributed by atoms with van der Waals surface area (Å²) in [5, 5.41) is 4.40. The van der Waals surface area contributed by atoms with Crippen molar-refractivity contribution in [1.29, 1.82) is 0 Å². The molecule has 6 nitrogen and oxygen atoms in total. The average molecular weight is 289 g/mol. The molecular weight excluding hydrogens is 266 g/mol. The summed E-state index contributed by atoms with van der Waals surface area (Å²) in [5.41, 5.74) is 2.28. The highest BCUT2D eigenvalue weighted by Crippen LogP contribution is 2.17. The van der Waals surface area contributed by atoms with E-state index in [1.165, 1.54) is 12.8 Å². The number of likely N-dealkylation sites (tertiary alicyclic amines) is 1. The topological polar surface area (TPSA) is 56.0 Å². The summed E-state index contributed by atoms with van der Waals surface area (Å²) in [7, 11) is 3.96. The van der Waals surface area contributed by atoms with Crippen LogP contribution >= 0.6 is 0 Å². The smallest absolute Gasteiger partial charge is 0.279 e. The minimum atomic E-state index is 0.0219. The van der Waals surface area contributed by atoms with E-state index in [0.29, 0.717) is 18.1 Å². The molecule has 2 aromatic rings. The van der Waals surface area contributed by atoms with Crippen LogP contribution in [0.15, 0.2) is 11.1 Å². The van der Waals surface area contributed by atoms with Gasteiger partial charge in [0, 0.05) is 19.6 Å². The lowest BCUT2D eigenvalue weighted by molar-refractivity contribution is 0.166. The number of hydrogen-bond donors (Lipinski definition) is 0. The van der Waals surface area contributed by atoms with Gasteiger partial charge in [0.2, 0.25) is 0 Å². The van der Waals surface area contributed by atoms with Crippen molar-refractivity contribution in [2.75, 3.05) is 13.6 Å². The lowest BCUT2D eigenvalue weighted by Crippen LogP contribution is -2.41. The molecule has 0 bridgehead atoms. The number of likely N-dealkylation sites (N-methyl/N-ethyl adjacent to an activating group) is 1. The first-order valence-electron chi connectivity index (χ1n) is 7.73. The zero-order valence-electron chi connectivity index (χ0n) is 13.0. The zero-order chi connectivity index (χ0) is 15.0. The lowest BCUT2D eigenvalue weighted by atomic mass is 10.0. The van der Waals surface area contributed by atoms with Crippen molar-refractivity contribution in [3.63, 3.8) is 0 Å². The Morgan fingerprint density at radius 2 is 2.14 bits per heavy atom. The molecule has 21 heavy (non-hydrogen) atoms. The molecule has 0 spiro atoms. The Bertz CT molecular complexity index is 702. The first kappa shape index (κ1) is 14.3.